The van der Waals surface area contributed by atoms with Gasteiger partial charge in [0.05, 0.1) is 18.3 Å². The van der Waals surface area contributed by atoms with Gasteiger partial charge in [-0.2, -0.15) is 0 Å². The molecule has 1 saturated carbocycles. The third kappa shape index (κ3) is 3.58. The van der Waals surface area contributed by atoms with E-state index in [9.17, 15) is 4.79 Å². The maximum atomic E-state index is 12.8. The van der Waals surface area contributed by atoms with Crippen LogP contribution in [0.4, 0.5) is 4.79 Å². The Kier molecular flexibility index (Phi) is 4.71. The van der Waals surface area contributed by atoms with Gasteiger partial charge in [0.2, 0.25) is 0 Å². The first-order valence-electron chi connectivity index (χ1n) is 8.17. The molecule has 2 heterocycles. The van der Waals surface area contributed by atoms with E-state index in [1.165, 1.54) is 4.88 Å². The van der Waals surface area contributed by atoms with Crippen molar-refractivity contribution in [2.24, 2.45) is 0 Å². The van der Waals surface area contributed by atoms with Gasteiger partial charge in [0.1, 0.15) is 10.8 Å². The maximum Gasteiger partial charge on any atom is 0.318 e. The van der Waals surface area contributed by atoms with Crippen molar-refractivity contribution in [1.29, 1.82) is 0 Å². The molecule has 0 bridgehead atoms. The molecule has 5 nitrogen and oxygen atoms in total. The van der Waals surface area contributed by atoms with Crippen LogP contribution in [-0.2, 0) is 6.42 Å². The lowest BCUT2D eigenvalue weighted by molar-refractivity contribution is 0.163. The first kappa shape index (κ1) is 16.1. The Balaban J connectivity index is 1.69. The van der Waals surface area contributed by atoms with Gasteiger partial charge in [0.15, 0.2) is 0 Å². The molecule has 1 fully saturated rings. The topological polar surface area (TPSA) is 58.4 Å². The average molecular weight is 333 g/mol. The molecule has 2 aromatic heterocycles. The highest BCUT2D eigenvalue weighted by Gasteiger charge is 2.37. The number of carbonyl (C=O) groups excluding carboxylic acids is 1. The zero-order valence-corrected chi connectivity index (χ0v) is 14.6. The molecule has 1 aliphatic rings. The van der Waals surface area contributed by atoms with Gasteiger partial charge in [0.25, 0.3) is 0 Å². The van der Waals surface area contributed by atoms with Crippen molar-refractivity contribution in [2.45, 2.75) is 58.2 Å². The quantitative estimate of drug-likeness (QED) is 0.857. The second-order valence-electron chi connectivity index (χ2n) is 6.02. The van der Waals surface area contributed by atoms with Crippen LogP contribution in [0.3, 0.4) is 0 Å². The number of nitrogens with one attached hydrogen (secondary N) is 1. The van der Waals surface area contributed by atoms with E-state index in [2.05, 4.69) is 17.2 Å². The molecule has 2 amide bonds. The highest BCUT2D eigenvalue weighted by molar-refractivity contribution is 7.11. The van der Waals surface area contributed by atoms with Crippen LogP contribution < -0.4 is 5.32 Å². The number of aryl methyl sites for hydroxylation is 1. The fourth-order valence-electron chi connectivity index (χ4n) is 2.68. The Hall–Kier alpha value is -1.82. The van der Waals surface area contributed by atoms with Gasteiger partial charge in [-0.3, -0.25) is 0 Å². The molecule has 0 radical (unpaired) electrons. The van der Waals surface area contributed by atoms with Crippen LogP contribution in [0, 0.1) is 0 Å². The van der Waals surface area contributed by atoms with Crippen molar-refractivity contribution in [1.82, 2.24) is 15.2 Å². The normalized spacial score (nSPS) is 16.8. The molecule has 0 saturated heterocycles. The number of nitrogens with zero attached hydrogens (tertiary/aromatic N) is 2. The molecule has 23 heavy (non-hydrogen) atoms. The van der Waals surface area contributed by atoms with Gasteiger partial charge in [-0.25, -0.2) is 9.78 Å². The fourth-order valence-corrected chi connectivity index (χ4v) is 3.54. The van der Waals surface area contributed by atoms with Crippen molar-refractivity contribution in [2.75, 3.05) is 0 Å². The van der Waals surface area contributed by atoms with Crippen molar-refractivity contribution in [3.8, 4) is 0 Å². The summed E-state index contributed by atoms with van der Waals surface area (Å²) < 4.78 is 5.48. The van der Waals surface area contributed by atoms with Crippen molar-refractivity contribution in [3.63, 3.8) is 0 Å². The second kappa shape index (κ2) is 6.74. The van der Waals surface area contributed by atoms with E-state index < -0.39 is 0 Å². The highest BCUT2D eigenvalue weighted by Crippen LogP contribution is 2.35. The Morgan fingerprint density at radius 1 is 1.52 bits per heavy atom. The molecule has 1 N–H and O–H groups in total. The molecule has 2 atom stereocenters. The molecular formula is C17H23N3O2S. The minimum atomic E-state index is -0.0853. The van der Waals surface area contributed by atoms with Crippen LogP contribution in [0.25, 0.3) is 0 Å². The largest absolute Gasteiger partial charge is 0.467 e. The van der Waals surface area contributed by atoms with E-state index in [4.69, 9.17) is 4.42 Å². The molecule has 124 valence electrons. The third-order valence-corrected chi connectivity index (χ3v) is 5.50. The van der Waals surface area contributed by atoms with Crippen LogP contribution in [0.15, 0.2) is 29.0 Å². The lowest BCUT2D eigenvalue weighted by Crippen LogP contribution is -2.43. The molecule has 0 aromatic carbocycles. The molecule has 2 aromatic rings. The van der Waals surface area contributed by atoms with Crippen molar-refractivity contribution >= 4 is 17.4 Å². The lowest BCUT2D eigenvalue weighted by atomic mass is 10.2. The molecule has 0 aliphatic heterocycles. The van der Waals surface area contributed by atoms with Crippen LogP contribution in [0.5, 0.6) is 0 Å². The number of furan rings is 1. The number of thiazole rings is 1. The summed E-state index contributed by atoms with van der Waals surface area (Å²) in [5.41, 5.74) is 0. The van der Waals surface area contributed by atoms with Gasteiger partial charge < -0.3 is 14.6 Å². The first-order chi connectivity index (χ1) is 11.1. The summed E-state index contributed by atoms with van der Waals surface area (Å²) in [6.45, 7) is 6.11. The molecule has 2 unspecified atom stereocenters. The monoisotopic (exact) mass is 333 g/mol. The van der Waals surface area contributed by atoms with Crippen molar-refractivity contribution < 1.29 is 9.21 Å². The van der Waals surface area contributed by atoms with E-state index in [0.717, 1.165) is 30.0 Å². The molecule has 1 aliphatic carbocycles. The Morgan fingerprint density at radius 2 is 2.30 bits per heavy atom. The van der Waals surface area contributed by atoms with Crippen LogP contribution in [0.1, 0.15) is 61.3 Å². The SMILES string of the molecule is CCc1cnc(C(C)NC(=O)N(C2CC2)C(C)c2ccco2)s1. The number of amides is 2. The summed E-state index contributed by atoms with van der Waals surface area (Å²) in [4.78, 5) is 20.3. The summed E-state index contributed by atoms with van der Waals surface area (Å²) in [5.74, 6) is 0.822. The van der Waals surface area contributed by atoms with Gasteiger partial charge in [-0.15, -0.1) is 11.3 Å². The highest BCUT2D eigenvalue weighted by atomic mass is 32.1. The minimum absolute atomic E-state index is 0.0443. The number of aromatic nitrogens is 1. The number of urea groups is 1. The number of carbonyl (C=O) groups is 1. The number of rotatable bonds is 6. The Labute approximate surface area is 140 Å². The zero-order chi connectivity index (χ0) is 16.4. The maximum absolute atomic E-state index is 12.8. The third-order valence-electron chi connectivity index (χ3n) is 4.18. The van der Waals surface area contributed by atoms with Gasteiger partial charge in [0, 0.05) is 17.1 Å². The van der Waals surface area contributed by atoms with E-state index in [-0.39, 0.29) is 18.1 Å². The number of hydrogen-bond donors (Lipinski definition) is 1. The zero-order valence-electron chi connectivity index (χ0n) is 13.8. The van der Waals surface area contributed by atoms with Crippen LogP contribution in [0.2, 0.25) is 0 Å². The average Bonchev–Trinajstić information content (AvgIpc) is 3.07. The predicted octanol–water partition coefficient (Wildman–Crippen LogP) is 4.29. The second-order valence-corrected chi connectivity index (χ2v) is 7.17. The Bertz CT molecular complexity index is 649. The van der Waals surface area contributed by atoms with Gasteiger partial charge in [-0.1, -0.05) is 6.92 Å². The van der Waals surface area contributed by atoms with Crippen LogP contribution >= 0.6 is 11.3 Å². The van der Waals surface area contributed by atoms with E-state index in [1.54, 1.807) is 17.6 Å². The fraction of sp³-hybridized carbons (Fsp3) is 0.529. The minimum Gasteiger partial charge on any atom is -0.467 e. The van der Waals surface area contributed by atoms with E-state index in [0.29, 0.717) is 6.04 Å². The predicted molar refractivity (Wildman–Crippen MR) is 90.4 cm³/mol. The van der Waals surface area contributed by atoms with Gasteiger partial charge in [-0.05, 0) is 45.2 Å². The number of hydrogen-bond acceptors (Lipinski definition) is 4. The smallest absolute Gasteiger partial charge is 0.318 e. The summed E-state index contributed by atoms with van der Waals surface area (Å²) in [6, 6.07) is 3.90. The van der Waals surface area contributed by atoms with E-state index in [1.807, 2.05) is 37.1 Å². The molecule has 3 rings (SSSR count). The molecule has 0 spiro atoms. The lowest BCUT2D eigenvalue weighted by Gasteiger charge is -2.29. The molecular weight excluding hydrogens is 310 g/mol. The summed E-state index contributed by atoms with van der Waals surface area (Å²) >= 11 is 1.66. The standard InChI is InChI=1S/C17H23N3O2S/c1-4-14-10-18-16(23-14)11(2)19-17(21)20(13-7-8-13)12(3)15-6-5-9-22-15/h5-6,9-13H,4,7-8H2,1-3H3,(H,19,21). The van der Waals surface area contributed by atoms with Gasteiger partial charge >= 0.3 is 6.03 Å². The van der Waals surface area contributed by atoms with Crippen molar-refractivity contribution in [3.05, 3.63) is 40.2 Å². The Morgan fingerprint density at radius 3 is 2.87 bits per heavy atom. The van der Waals surface area contributed by atoms with E-state index >= 15 is 0 Å². The summed E-state index contributed by atoms with van der Waals surface area (Å²) in [6.07, 6.45) is 6.64. The first-order valence-corrected chi connectivity index (χ1v) is 8.98. The summed E-state index contributed by atoms with van der Waals surface area (Å²) in [7, 11) is 0. The molecule has 6 heteroatoms. The summed E-state index contributed by atoms with van der Waals surface area (Å²) in [5, 5.41) is 4.05. The van der Waals surface area contributed by atoms with Crippen LogP contribution in [-0.4, -0.2) is 22.0 Å².